The molecule has 0 unspecified atom stereocenters. The molecular weight excluding hydrogens is 777 g/mol. The molecule has 2 atom stereocenters. The number of carbonyl (C=O) groups is 3. The van der Waals surface area contributed by atoms with E-state index in [1.54, 1.807) is 11.0 Å². The van der Waals surface area contributed by atoms with Gasteiger partial charge in [-0.05, 0) is 150 Å². The summed E-state index contributed by atoms with van der Waals surface area (Å²) in [6.07, 6.45) is 9.67. The number of fused-ring (bicyclic) bond motifs is 8. The summed E-state index contributed by atoms with van der Waals surface area (Å²) in [5.41, 5.74) is 4.81. The predicted molar refractivity (Wildman–Crippen MR) is 236 cm³/mol. The number of nitrogens with one attached hydrogen (secondary N) is 1. The second-order valence-corrected chi connectivity index (χ2v) is 17.6. The highest BCUT2D eigenvalue weighted by atomic mass is 19.2. The van der Waals surface area contributed by atoms with Crippen LogP contribution in [0, 0.1) is 23.5 Å². The van der Waals surface area contributed by atoms with E-state index in [-0.39, 0.29) is 25.1 Å². The molecule has 0 saturated carbocycles. The average molecular weight is 846 g/mol. The second kappa shape index (κ2) is 21.5. The van der Waals surface area contributed by atoms with E-state index < -0.39 is 23.8 Å². The molecule has 4 bridgehead atoms. The van der Waals surface area contributed by atoms with Crippen molar-refractivity contribution in [3.05, 3.63) is 106 Å². The molecule has 9 heterocycles. The van der Waals surface area contributed by atoms with E-state index in [1.165, 1.54) is 55.4 Å². The summed E-state index contributed by atoms with van der Waals surface area (Å²) in [4.78, 5) is 42.7. The van der Waals surface area contributed by atoms with Crippen LogP contribution in [0.25, 0.3) is 0 Å². The highest BCUT2D eigenvalue weighted by Crippen LogP contribution is 2.42. The number of halogens is 2. The Labute approximate surface area is 363 Å². The summed E-state index contributed by atoms with van der Waals surface area (Å²) in [6.45, 7) is 17.1. The molecule has 9 aliphatic heterocycles. The van der Waals surface area contributed by atoms with Crippen LogP contribution < -0.4 is 5.32 Å². The van der Waals surface area contributed by atoms with Crippen LogP contribution in [0.1, 0.15) is 114 Å². The van der Waals surface area contributed by atoms with E-state index in [2.05, 4.69) is 35.0 Å². The SMILES string of the molecule is C1CN2CCC1CC2.CC.CC1(C)[C@@H](OC(=O)N2CCc3ccccc3[C@H]2c2ccc(F)c(F)c2)C2CCN1CC2.O=C(O)N1CCc2ccccc2C1.O=C1CCCCN1.[HH]. The largest absolute Gasteiger partial charge is 0.465 e. The predicted octanol–water partition coefficient (Wildman–Crippen LogP) is 9.31. The minimum absolute atomic E-state index is 0. The van der Waals surface area contributed by atoms with Crippen LogP contribution in [0.5, 0.6) is 0 Å². The summed E-state index contributed by atoms with van der Waals surface area (Å²) >= 11 is 0. The highest BCUT2D eigenvalue weighted by molar-refractivity contribution is 5.76. The first-order valence-electron chi connectivity index (χ1n) is 22.8. The van der Waals surface area contributed by atoms with Crippen LogP contribution in [0.3, 0.4) is 0 Å². The summed E-state index contributed by atoms with van der Waals surface area (Å²) in [7, 11) is 0. The van der Waals surface area contributed by atoms with Gasteiger partial charge in [0.1, 0.15) is 6.10 Å². The van der Waals surface area contributed by atoms with Crippen molar-refractivity contribution >= 4 is 18.1 Å². The first-order valence-corrected chi connectivity index (χ1v) is 22.8. The third kappa shape index (κ3) is 11.5. The number of benzene rings is 3. The molecule has 334 valence electrons. The Bertz CT molecular complexity index is 1900. The van der Waals surface area contributed by atoms with E-state index >= 15 is 0 Å². The number of carbonyl (C=O) groups excluding carboxylic acids is 2. The minimum atomic E-state index is -0.910. The van der Waals surface area contributed by atoms with Crippen molar-refractivity contribution in [1.29, 1.82) is 0 Å². The summed E-state index contributed by atoms with van der Waals surface area (Å²) in [5.74, 6) is -0.114. The van der Waals surface area contributed by atoms with Crippen molar-refractivity contribution in [2.45, 2.75) is 116 Å². The van der Waals surface area contributed by atoms with Crippen LogP contribution in [-0.4, -0.2) is 107 Å². The van der Waals surface area contributed by atoms with Gasteiger partial charge in [-0.3, -0.25) is 14.6 Å². The zero-order valence-electron chi connectivity index (χ0n) is 36.7. The summed E-state index contributed by atoms with van der Waals surface area (Å²) in [6, 6.07) is 19.2. The molecule has 12 rings (SSSR count). The lowest BCUT2D eigenvalue weighted by atomic mass is 9.74. The zero-order valence-corrected chi connectivity index (χ0v) is 36.7. The molecule has 0 aliphatic carbocycles. The van der Waals surface area contributed by atoms with Gasteiger partial charge in [0.2, 0.25) is 5.91 Å². The molecular formula is C49H69F2N5O5. The minimum Gasteiger partial charge on any atom is -0.465 e. The maximum Gasteiger partial charge on any atom is 0.410 e. The van der Waals surface area contributed by atoms with Gasteiger partial charge in [-0.1, -0.05) is 68.4 Å². The number of ether oxygens (including phenoxy) is 1. The Morgan fingerprint density at radius 3 is 1.95 bits per heavy atom. The van der Waals surface area contributed by atoms with Crippen molar-refractivity contribution in [1.82, 2.24) is 24.9 Å². The Hall–Kier alpha value is -4.55. The molecule has 9 aliphatic rings. The molecule has 3 aromatic rings. The van der Waals surface area contributed by atoms with Gasteiger partial charge in [-0.25, -0.2) is 18.4 Å². The maximum absolute atomic E-state index is 14.1. The molecule has 0 radical (unpaired) electrons. The molecule has 7 fully saturated rings. The topological polar surface area (TPSA) is 106 Å². The molecule has 2 N–H and O–H groups in total. The lowest BCUT2D eigenvalue weighted by molar-refractivity contribution is -0.126. The Morgan fingerprint density at radius 1 is 0.770 bits per heavy atom. The number of hydrogen-bond donors (Lipinski definition) is 2. The number of nitrogens with zero attached hydrogens (tertiary/aromatic N) is 4. The number of amides is 3. The fourth-order valence-corrected chi connectivity index (χ4v) is 10.0. The first-order chi connectivity index (χ1) is 29.5. The average Bonchev–Trinajstić information content (AvgIpc) is 3.30. The molecule has 10 nitrogen and oxygen atoms in total. The van der Waals surface area contributed by atoms with Gasteiger partial charge in [0.25, 0.3) is 0 Å². The zero-order chi connectivity index (χ0) is 43.5. The smallest absolute Gasteiger partial charge is 0.410 e. The third-order valence-electron chi connectivity index (χ3n) is 13.6. The molecule has 3 aromatic carbocycles. The molecule has 0 aromatic heterocycles. The molecule has 61 heavy (non-hydrogen) atoms. The number of rotatable bonds is 2. The van der Waals surface area contributed by atoms with Crippen LogP contribution in [0.2, 0.25) is 0 Å². The third-order valence-corrected chi connectivity index (χ3v) is 13.6. The lowest BCUT2D eigenvalue weighted by Gasteiger charge is -2.55. The Balaban J connectivity index is 0.000000190. The summed E-state index contributed by atoms with van der Waals surface area (Å²) < 4.78 is 33.9. The standard InChI is InChI=1S/C25H28F2N2O2.C10H11NO2.C7H13N.C5H9NO.C2H6.H2/c1-25(2)23(17-9-12-28(25)13-10-17)31-24(30)29-14-11-16-5-3-4-6-19(16)22(29)18-7-8-20(26)21(27)15-18;12-10(13)11-6-5-8-3-1-2-4-9(8)7-11;1-4-8-5-2-7(1)3-6-8;7-5-3-1-2-4-6-5;1-2;/h3-8,15,17,22-23H,9-14H2,1-2H3;1-4H,5-7H2,(H,12,13);7H,1-6H2;1-4H2,(H,6,7);1-2H3;1H/t22-,23+;;;;;/m1...../s1. The van der Waals surface area contributed by atoms with Crippen molar-refractivity contribution in [3.63, 3.8) is 0 Å². The maximum atomic E-state index is 14.1. The van der Waals surface area contributed by atoms with Gasteiger partial charge >= 0.3 is 12.2 Å². The fraction of sp³-hybridized carbons (Fsp3) is 0.571. The molecule has 3 amide bonds. The van der Waals surface area contributed by atoms with Crippen LogP contribution in [-0.2, 0) is 28.9 Å². The quantitative estimate of drug-likeness (QED) is 0.265. The van der Waals surface area contributed by atoms with Gasteiger partial charge in [-0.15, -0.1) is 0 Å². The Kier molecular flexibility index (Phi) is 16.2. The number of hydrogen-bond acceptors (Lipinski definition) is 6. The highest BCUT2D eigenvalue weighted by Gasteiger charge is 2.50. The molecule has 0 spiro atoms. The van der Waals surface area contributed by atoms with Gasteiger partial charge < -0.3 is 25.0 Å². The van der Waals surface area contributed by atoms with E-state index in [4.69, 9.17) is 9.84 Å². The lowest BCUT2D eigenvalue weighted by Crippen LogP contribution is -2.65. The van der Waals surface area contributed by atoms with Gasteiger partial charge in [0.05, 0.1) is 11.6 Å². The number of piperidine rings is 7. The van der Waals surface area contributed by atoms with E-state index in [9.17, 15) is 23.2 Å². The fourth-order valence-electron chi connectivity index (χ4n) is 10.0. The normalized spacial score (nSPS) is 26.4. The van der Waals surface area contributed by atoms with Crippen molar-refractivity contribution in [3.8, 4) is 0 Å². The molecule has 12 heteroatoms. The Morgan fingerprint density at radius 2 is 1.41 bits per heavy atom. The second-order valence-electron chi connectivity index (χ2n) is 17.6. The van der Waals surface area contributed by atoms with E-state index in [1.807, 2.05) is 56.3 Å². The number of carboxylic acid groups (broad SMARTS) is 1. The van der Waals surface area contributed by atoms with Crippen LogP contribution >= 0.6 is 0 Å². The van der Waals surface area contributed by atoms with Gasteiger partial charge in [-0.2, -0.15) is 0 Å². The first kappa shape index (κ1) is 46.0. The monoisotopic (exact) mass is 846 g/mol. The van der Waals surface area contributed by atoms with Crippen LogP contribution in [0.15, 0.2) is 66.7 Å². The van der Waals surface area contributed by atoms with Crippen molar-refractivity contribution in [2.24, 2.45) is 11.8 Å². The van der Waals surface area contributed by atoms with Crippen LogP contribution in [0.4, 0.5) is 18.4 Å². The molecule has 7 saturated heterocycles. The van der Waals surface area contributed by atoms with Crippen molar-refractivity contribution < 1.29 is 34.4 Å². The van der Waals surface area contributed by atoms with Crippen molar-refractivity contribution in [2.75, 3.05) is 52.4 Å². The van der Waals surface area contributed by atoms with Gasteiger partial charge in [0.15, 0.2) is 11.6 Å². The summed E-state index contributed by atoms with van der Waals surface area (Å²) in [5, 5.41) is 11.5. The van der Waals surface area contributed by atoms with Gasteiger partial charge in [0, 0.05) is 39.9 Å². The van der Waals surface area contributed by atoms with E-state index in [0.717, 1.165) is 86.8 Å². The van der Waals surface area contributed by atoms with E-state index in [0.29, 0.717) is 37.5 Å².